The standard InChI is InChI=1S/C14H13BrF2O3/c1-19-12(18)14(5-13(6-14)7-20-13)9-3-10(16)8(4-15)2-11(9)17/h2-3H,4-7H2,1H3. The maximum Gasteiger partial charge on any atom is 0.316 e. The maximum absolute atomic E-state index is 14.3. The molecule has 1 aliphatic heterocycles. The van der Waals surface area contributed by atoms with E-state index in [0.29, 0.717) is 19.4 Å². The van der Waals surface area contributed by atoms with Crippen LogP contribution in [0.5, 0.6) is 0 Å². The fourth-order valence-electron chi connectivity index (χ4n) is 3.05. The molecule has 1 aromatic carbocycles. The average molecular weight is 347 g/mol. The molecule has 2 aliphatic rings. The lowest BCUT2D eigenvalue weighted by molar-refractivity contribution is -0.154. The van der Waals surface area contributed by atoms with E-state index < -0.39 is 23.0 Å². The summed E-state index contributed by atoms with van der Waals surface area (Å²) in [5.74, 6) is -1.65. The largest absolute Gasteiger partial charge is 0.468 e. The quantitative estimate of drug-likeness (QED) is 0.480. The number of carbonyl (C=O) groups is 1. The van der Waals surface area contributed by atoms with Crippen molar-refractivity contribution in [3.05, 3.63) is 34.9 Å². The lowest BCUT2D eigenvalue weighted by Crippen LogP contribution is -2.54. The fourth-order valence-corrected chi connectivity index (χ4v) is 3.48. The number of hydrogen-bond acceptors (Lipinski definition) is 3. The minimum Gasteiger partial charge on any atom is -0.468 e. The Morgan fingerprint density at radius 2 is 2.05 bits per heavy atom. The minimum atomic E-state index is -1.12. The van der Waals surface area contributed by atoms with Gasteiger partial charge in [0.15, 0.2) is 0 Å². The lowest BCUT2D eigenvalue weighted by Gasteiger charge is -2.44. The van der Waals surface area contributed by atoms with Crippen LogP contribution in [0.1, 0.15) is 24.0 Å². The third-order valence-corrected chi connectivity index (χ3v) is 4.78. The topological polar surface area (TPSA) is 38.8 Å². The smallest absolute Gasteiger partial charge is 0.316 e. The third-order valence-electron chi connectivity index (χ3n) is 4.17. The van der Waals surface area contributed by atoms with Crippen molar-refractivity contribution in [2.75, 3.05) is 13.7 Å². The predicted octanol–water partition coefficient (Wildman–Crippen LogP) is 2.83. The van der Waals surface area contributed by atoms with Crippen molar-refractivity contribution in [2.45, 2.75) is 29.2 Å². The lowest BCUT2D eigenvalue weighted by atomic mass is 9.58. The monoisotopic (exact) mass is 346 g/mol. The van der Waals surface area contributed by atoms with E-state index >= 15 is 0 Å². The zero-order chi connectivity index (χ0) is 14.5. The first-order valence-electron chi connectivity index (χ1n) is 6.23. The molecule has 0 unspecified atom stereocenters. The zero-order valence-corrected chi connectivity index (χ0v) is 12.4. The average Bonchev–Trinajstić information content (AvgIpc) is 3.18. The molecule has 2 fully saturated rings. The van der Waals surface area contributed by atoms with Gasteiger partial charge in [0, 0.05) is 16.5 Å². The number of alkyl halides is 1. The van der Waals surface area contributed by atoms with Crippen LogP contribution in [0.4, 0.5) is 8.78 Å². The van der Waals surface area contributed by atoms with Crippen LogP contribution in [-0.2, 0) is 25.0 Å². The van der Waals surface area contributed by atoms with E-state index in [9.17, 15) is 13.6 Å². The summed E-state index contributed by atoms with van der Waals surface area (Å²) in [5, 5.41) is 0.217. The second kappa shape index (κ2) is 4.49. The van der Waals surface area contributed by atoms with Gasteiger partial charge >= 0.3 is 5.97 Å². The van der Waals surface area contributed by atoms with Crippen LogP contribution in [-0.4, -0.2) is 25.3 Å². The van der Waals surface area contributed by atoms with E-state index in [-0.39, 0.29) is 22.1 Å². The molecule has 1 spiro atoms. The van der Waals surface area contributed by atoms with Crippen LogP contribution in [0, 0.1) is 11.6 Å². The highest BCUT2D eigenvalue weighted by Crippen LogP contribution is 2.59. The molecule has 1 aliphatic carbocycles. The van der Waals surface area contributed by atoms with Crippen molar-refractivity contribution >= 4 is 21.9 Å². The van der Waals surface area contributed by atoms with Crippen LogP contribution in [0.25, 0.3) is 0 Å². The van der Waals surface area contributed by atoms with Gasteiger partial charge in [-0.15, -0.1) is 0 Å². The molecule has 3 nitrogen and oxygen atoms in total. The number of methoxy groups -OCH3 is 1. The second-order valence-electron chi connectivity index (χ2n) is 5.46. The van der Waals surface area contributed by atoms with Gasteiger partial charge in [0.2, 0.25) is 0 Å². The number of hydrogen-bond donors (Lipinski definition) is 0. The Bertz CT molecular complexity index is 576. The Morgan fingerprint density at radius 3 is 2.55 bits per heavy atom. The molecule has 0 amide bonds. The Balaban J connectivity index is 2.04. The summed E-state index contributed by atoms with van der Waals surface area (Å²) in [6.45, 7) is 0.565. The van der Waals surface area contributed by atoms with Crippen molar-refractivity contribution in [1.29, 1.82) is 0 Å². The number of esters is 1. The number of carbonyl (C=O) groups excluding carboxylic acids is 1. The molecular weight excluding hydrogens is 334 g/mol. The molecule has 20 heavy (non-hydrogen) atoms. The van der Waals surface area contributed by atoms with E-state index in [2.05, 4.69) is 15.9 Å². The van der Waals surface area contributed by atoms with Crippen LogP contribution >= 0.6 is 15.9 Å². The molecule has 0 bridgehead atoms. The Kier molecular flexibility index (Phi) is 3.14. The highest BCUT2D eigenvalue weighted by atomic mass is 79.9. The fraction of sp³-hybridized carbons (Fsp3) is 0.500. The minimum absolute atomic E-state index is 0.0627. The highest BCUT2D eigenvalue weighted by molar-refractivity contribution is 9.08. The summed E-state index contributed by atoms with van der Waals surface area (Å²) in [5.41, 5.74) is -1.16. The van der Waals surface area contributed by atoms with Crippen molar-refractivity contribution in [3.63, 3.8) is 0 Å². The summed E-state index contributed by atoms with van der Waals surface area (Å²) in [7, 11) is 1.25. The molecule has 1 heterocycles. The molecule has 1 saturated carbocycles. The van der Waals surface area contributed by atoms with Gasteiger partial charge < -0.3 is 9.47 Å². The van der Waals surface area contributed by atoms with E-state index in [1.54, 1.807) is 0 Å². The number of benzene rings is 1. The van der Waals surface area contributed by atoms with Gasteiger partial charge in [0.25, 0.3) is 0 Å². The molecule has 0 atom stereocenters. The van der Waals surface area contributed by atoms with Gasteiger partial charge in [-0.25, -0.2) is 8.78 Å². The Morgan fingerprint density at radius 1 is 1.40 bits per heavy atom. The molecule has 0 aromatic heterocycles. The number of halogens is 3. The predicted molar refractivity (Wildman–Crippen MR) is 70.6 cm³/mol. The molecule has 3 rings (SSSR count). The highest BCUT2D eigenvalue weighted by Gasteiger charge is 2.68. The molecule has 0 N–H and O–H groups in total. The first-order valence-corrected chi connectivity index (χ1v) is 7.35. The zero-order valence-electron chi connectivity index (χ0n) is 10.8. The number of epoxide rings is 1. The molecule has 6 heteroatoms. The molecule has 0 radical (unpaired) electrons. The first kappa shape index (κ1) is 13.9. The van der Waals surface area contributed by atoms with Gasteiger partial charge in [-0.1, -0.05) is 15.9 Å². The van der Waals surface area contributed by atoms with Crippen molar-refractivity contribution in [3.8, 4) is 0 Å². The van der Waals surface area contributed by atoms with Crippen LogP contribution in [0.3, 0.4) is 0 Å². The van der Waals surface area contributed by atoms with Gasteiger partial charge in [-0.2, -0.15) is 0 Å². The summed E-state index contributed by atoms with van der Waals surface area (Å²) in [4.78, 5) is 12.1. The molecule has 108 valence electrons. The summed E-state index contributed by atoms with van der Waals surface area (Å²) >= 11 is 3.10. The normalized spacial score (nSPS) is 31.0. The van der Waals surface area contributed by atoms with E-state index in [0.717, 1.165) is 12.1 Å². The van der Waals surface area contributed by atoms with Crippen molar-refractivity contribution in [2.24, 2.45) is 0 Å². The van der Waals surface area contributed by atoms with Crippen LogP contribution < -0.4 is 0 Å². The number of ether oxygens (including phenoxy) is 2. The van der Waals surface area contributed by atoms with Crippen molar-refractivity contribution in [1.82, 2.24) is 0 Å². The SMILES string of the molecule is COC(=O)C1(c2cc(F)c(CBr)cc2F)CC2(CO2)C1. The molecule has 1 aromatic rings. The summed E-state index contributed by atoms with van der Waals surface area (Å²) in [6, 6.07) is 2.24. The van der Waals surface area contributed by atoms with Gasteiger partial charge in [0.05, 0.1) is 19.3 Å². The summed E-state index contributed by atoms with van der Waals surface area (Å²) in [6.07, 6.45) is 0.688. The van der Waals surface area contributed by atoms with Crippen LogP contribution in [0.15, 0.2) is 12.1 Å². The van der Waals surface area contributed by atoms with Crippen LogP contribution in [0.2, 0.25) is 0 Å². The third kappa shape index (κ3) is 1.89. The van der Waals surface area contributed by atoms with E-state index in [1.807, 2.05) is 0 Å². The number of rotatable bonds is 3. The van der Waals surface area contributed by atoms with Gasteiger partial charge in [-0.3, -0.25) is 4.79 Å². The first-order chi connectivity index (χ1) is 9.46. The Labute approximate surface area is 123 Å². The van der Waals surface area contributed by atoms with Gasteiger partial charge in [0.1, 0.15) is 17.0 Å². The van der Waals surface area contributed by atoms with Crippen molar-refractivity contribution < 1.29 is 23.0 Å². The molecular formula is C14H13BrF2O3. The van der Waals surface area contributed by atoms with E-state index in [1.165, 1.54) is 7.11 Å². The van der Waals surface area contributed by atoms with E-state index in [4.69, 9.17) is 9.47 Å². The summed E-state index contributed by atoms with van der Waals surface area (Å²) < 4.78 is 38.3. The maximum atomic E-state index is 14.3. The Hall–Kier alpha value is -1.01. The second-order valence-corrected chi connectivity index (χ2v) is 6.02. The molecule has 1 saturated heterocycles. The van der Waals surface area contributed by atoms with Gasteiger partial charge in [-0.05, 0) is 25.0 Å².